The molecule has 2 aliphatic rings. The van der Waals surface area contributed by atoms with E-state index in [4.69, 9.17) is 12.2 Å². The topological polar surface area (TPSA) is 57.6 Å². The molecule has 168 valence electrons. The van der Waals surface area contributed by atoms with Gasteiger partial charge in [-0.15, -0.1) is 0 Å². The number of anilines is 1. The standard InChI is InChI=1S/C26H26N4O2S/c1-18-9-7-8-14-29(18)24(31)17-28-16-19(21-12-5-6-13-23(21)28)15-22-25(32)30(26(33)27-22)20-10-3-2-4-11-20/h2-6,10-13,15-16,18H,7-9,14,17H2,1H3,(H,27,33)/b22-15+. The van der Waals surface area contributed by atoms with E-state index in [0.29, 0.717) is 10.8 Å². The van der Waals surface area contributed by atoms with Gasteiger partial charge in [-0.2, -0.15) is 0 Å². The molecule has 7 heteroatoms. The molecule has 2 fully saturated rings. The first kappa shape index (κ1) is 21.4. The third kappa shape index (κ3) is 4.04. The minimum Gasteiger partial charge on any atom is -0.338 e. The van der Waals surface area contributed by atoms with Crippen LogP contribution in [0.15, 0.2) is 66.5 Å². The fourth-order valence-electron chi connectivity index (χ4n) is 4.73. The molecular formula is C26H26N4O2S. The van der Waals surface area contributed by atoms with E-state index in [2.05, 4.69) is 12.2 Å². The summed E-state index contributed by atoms with van der Waals surface area (Å²) in [5, 5.41) is 4.40. The third-order valence-corrected chi connectivity index (χ3v) is 6.73. The molecule has 33 heavy (non-hydrogen) atoms. The average Bonchev–Trinajstić information content (AvgIpc) is 3.31. The zero-order valence-corrected chi connectivity index (χ0v) is 19.3. The van der Waals surface area contributed by atoms with E-state index >= 15 is 0 Å². The van der Waals surface area contributed by atoms with Crippen LogP contribution in [0.1, 0.15) is 31.7 Å². The third-order valence-electron chi connectivity index (χ3n) is 6.44. The zero-order chi connectivity index (χ0) is 22.9. The van der Waals surface area contributed by atoms with Crippen molar-refractivity contribution in [2.75, 3.05) is 11.4 Å². The lowest BCUT2D eigenvalue weighted by Gasteiger charge is -2.33. The van der Waals surface area contributed by atoms with E-state index in [1.807, 2.05) is 76.3 Å². The molecule has 3 aromatic rings. The van der Waals surface area contributed by atoms with Crippen molar-refractivity contribution < 1.29 is 9.59 Å². The number of fused-ring (bicyclic) bond motifs is 1. The molecule has 1 unspecified atom stereocenters. The molecule has 0 aliphatic carbocycles. The molecule has 6 nitrogen and oxygen atoms in total. The maximum Gasteiger partial charge on any atom is 0.281 e. The first-order chi connectivity index (χ1) is 16.0. The van der Waals surface area contributed by atoms with Gasteiger partial charge in [0.25, 0.3) is 5.91 Å². The Labute approximate surface area is 198 Å². The number of hydrogen-bond acceptors (Lipinski definition) is 3. The number of nitrogens with zero attached hydrogens (tertiary/aromatic N) is 3. The summed E-state index contributed by atoms with van der Waals surface area (Å²) < 4.78 is 1.98. The minimum atomic E-state index is -0.193. The zero-order valence-electron chi connectivity index (χ0n) is 18.5. The molecule has 0 radical (unpaired) electrons. The highest BCUT2D eigenvalue weighted by Gasteiger charge is 2.32. The summed E-state index contributed by atoms with van der Waals surface area (Å²) in [7, 11) is 0. The second-order valence-electron chi connectivity index (χ2n) is 8.63. The summed E-state index contributed by atoms with van der Waals surface area (Å²) in [6.07, 6.45) is 7.07. The Hall–Kier alpha value is -3.45. The van der Waals surface area contributed by atoms with E-state index < -0.39 is 0 Å². The molecule has 1 aromatic heterocycles. The van der Waals surface area contributed by atoms with Crippen molar-refractivity contribution in [2.24, 2.45) is 0 Å². The Bertz CT molecular complexity index is 1260. The van der Waals surface area contributed by atoms with E-state index in [1.54, 1.807) is 0 Å². The van der Waals surface area contributed by atoms with Crippen LogP contribution < -0.4 is 10.2 Å². The van der Waals surface area contributed by atoms with Crippen LogP contribution in [0, 0.1) is 0 Å². The molecule has 2 saturated heterocycles. The smallest absolute Gasteiger partial charge is 0.281 e. The number of thiocarbonyl (C=S) groups is 1. The van der Waals surface area contributed by atoms with Gasteiger partial charge in [-0.3, -0.25) is 14.5 Å². The molecule has 2 aliphatic heterocycles. The van der Waals surface area contributed by atoms with Crippen molar-refractivity contribution in [1.29, 1.82) is 0 Å². The SMILES string of the molecule is CC1CCCCN1C(=O)Cn1cc(/C=C2/NC(=S)N(c3ccccc3)C2=O)c2ccccc21. The largest absolute Gasteiger partial charge is 0.338 e. The Morgan fingerprint density at radius 3 is 2.67 bits per heavy atom. The van der Waals surface area contributed by atoms with E-state index in [0.717, 1.165) is 41.5 Å². The number of piperidine rings is 1. The summed E-state index contributed by atoms with van der Waals surface area (Å²) in [6.45, 7) is 3.23. The number of para-hydroxylation sites is 2. The predicted molar refractivity (Wildman–Crippen MR) is 135 cm³/mol. The lowest BCUT2D eigenvalue weighted by molar-refractivity contribution is -0.135. The van der Waals surface area contributed by atoms with Crippen LogP contribution in [0.2, 0.25) is 0 Å². The van der Waals surface area contributed by atoms with Crippen LogP contribution in [-0.4, -0.2) is 39.0 Å². The van der Waals surface area contributed by atoms with Gasteiger partial charge in [0.15, 0.2) is 5.11 Å². The number of hydrogen-bond donors (Lipinski definition) is 1. The normalized spacial score (nSPS) is 20.0. The predicted octanol–water partition coefficient (Wildman–Crippen LogP) is 4.30. The Balaban J connectivity index is 1.46. The molecule has 0 spiro atoms. The highest BCUT2D eigenvalue weighted by molar-refractivity contribution is 7.80. The second-order valence-corrected chi connectivity index (χ2v) is 9.01. The van der Waals surface area contributed by atoms with Crippen LogP contribution in [0.3, 0.4) is 0 Å². The van der Waals surface area contributed by atoms with Gasteiger partial charge in [-0.05, 0) is 62.7 Å². The first-order valence-corrected chi connectivity index (χ1v) is 11.7. The summed E-state index contributed by atoms with van der Waals surface area (Å²) in [6, 6.07) is 17.6. The van der Waals surface area contributed by atoms with Crippen LogP contribution in [-0.2, 0) is 16.1 Å². The lowest BCUT2D eigenvalue weighted by atomic mass is 10.0. The van der Waals surface area contributed by atoms with Gasteiger partial charge < -0.3 is 14.8 Å². The van der Waals surface area contributed by atoms with Crippen molar-refractivity contribution in [3.63, 3.8) is 0 Å². The van der Waals surface area contributed by atoms with Crippen molar-refractivity contribution >= 4 is 51.8 Å². The molecule has 3 heterocycles. The second kappa shape index (κ2) is 8.83. The molecule has 0 bridgehead atoms. The number of likely N-dealkylation sites (tertiary alicyclic amines) is 1. The minimum absolute atomic E-state index is 0.133. The molecule has 2 aromatic carbocycles. The summed E-state index contributed by atoms with van der Waals surface area (Å²) >= 11 is 5.43. The van der Waals surface area contributed by atoms with Crippen LogP contribution in [0.5, 0.6) is 0 Å². The highest BCUT2D eigenvalue weighted by Crippen LogP contribution is 2.27. The number of nitrogens with one attached hydrogen (secondary N) is 1. The van der Waals surface area contributed by atoms with Crippen molar-refractivity contribution in [3.8, 4) is 0 Å². The molecule has 5 rings (SSSR count). The highest BCUT2D eigenvalue weighted by atomic mass is 32.1. The van der Waals surface area contributed by atoms with Gasteiger partial charge >= 0.3 is 0 Å². The van der Waals surface area contributed by atoms with E-state index in [1.165, 1.54) is 11.3 Å². The van der Waals surface area contributed by atoms with Gasteiger partial charge in [-0.1, -0.05) is 36.4 Å². The van der Waals surface area contributed by atoms with E-state index in [9.17, 15) is 9.59 Å². The van der Waals surface area contributed by atoms with Crippen molar-refractivity contribution in [2.45, 2.75) is 38.8 Å². The number of aromatic nitrogens is 1. The quantitative estimate of drug-likeness (QED) is 0.468. The van der Waals surface area contributed by atoms with Crippen molar-refractivity contribution in [1.82, 2.24) is 14.8 Å². The fraction of sp³-hybridized carbons (Fsp3) is 0.269. The van der Waals surface area contributed by atoms with E-state index in [-0.39, 0.29) is 24.4 Å². The van der Waals surface area contributed by atoms with Crippen molar-refractivity contribution in [3.05, 3.63) is 72.1 Å². The summed E-state index contributed by atoms with van der Waals surface area (Å²) in [5.74, 6) is -0.0603. The molecule has 0 saturated carbocycles. The van der Waals surface area contributed by atoms with Gasteiger partial charge in [0.05, 0.1) is 5.69 Å². The Kier molecular flexibility index (Phi) is 5.72. The lowest BCUT2D eigenvalue weighted by Crippen LogP contribution is -2.43. The molecular weight excluding hydrogens is 432 g/mol. The molecule has 1 atom stereocenters. The van der Waals surface area contributed by atoms with Crippen LogP contribution in [0.25, 0.3) is 17.0 Å². The fourth-order valence-corrected chi connectivity index (χ4v) is 5.03. The first-order valence-electron chi connectivity index (χ1n) is 11.3. The number of rotatable bonds is 4. The van der Waals surface area contributed by atoms with Crippen LogP contribution >= 0.6 is 12.2 Å². The molecule has 1 N–H and O–H groups in total. The van der Waals surface area contributed by atoms with Gasteiger partial charge in [0.2, 0.25) is 5.91 Å². The summed E-state index contributed by atoms with van der Waals surface area (Å²) in [5.41, 5.74) is 2.99. The number of carbonyl (C=O) groups excluding carboxylic acids is 2. The van der Waals surface area contributed by atoms with Gasteiger partial charge in [0, 0.05) is 35.2 Å². The number of amides is 2. The number of benzene rings is 2. The van der Waals surface area contributed by atoms with Crippen LogP contribution in [0.4, 0.5) is 5.69 Å². The maximum absolute atomic E-state index is 13.1. The Morgan fingerprint density at radius 2 is 1.88 bits per heavy atom. The monoisotopic (exact) mass is 458 g/mol. The number of carbonyl (C=O) groups is 2. The van der Waals surface area contributed by atoms with Gasteiger partial charge in [0.1, 0.15) is 12.2 Å². The molecule has 2 amide bonds. The summed E-state index contributed by atoms with van der Waals surface area (Å²) in [4.78, 5) is 29.7. The van der Waals surface area contributed by atoms with Gasteiger partial charge in [-0.25, -0.2) is 0 Å². The average molecular weight is 459 g/mol. The Morgan fingerprint density at radius 1 is 1.12 bits per heavy atom. The maximum atomic E-state index is 13.1.